The van der Waals surface area contributed by atoms with Crippen molar-refractivity contribution < 1.29 is 9.53 Å². The summed E-state index contributed by atoms with van der Waals surface area (Å²) < 4.78 is 8.51. The van der Waals surface area contributed by atoms with Crippen LogP contribution in [0.2, 0.25) is 0 Å². The van der Waals surface area contributed by atoms with Gasteiger partial charge in [0.25, 0.3) is 0 Å². The van der Waals surface area contributed by atoms with Crippen LogP contribution in [0.5, 0.6) is 0 Å². The Balaban J connectivity index is 2.43. The molecular formula is C12H14N4O2S. The summed E-state index contributed by atoms with van der Waals surface area (Å²) in [7, 11) is 1.72. The van der Waals surface area contributed by atoms with Gasteiger partial charge in [-0.15, -0.1) is 5.10 Å². The molecule has 0 spiro atoms. The summed E-state index contributed by atoms with van der Waals surface area (Å²) in [6, 6.07) is 9.44. The molecular weight excluding hydrogens is 264 g/mol. The van der Waals surface area contributed by atoms with Crippen molar-refractivity contribution >= 4 is 24.3 Å². The molecule has 0 aliphatic heterocycles. The Morgan fingerprint density at radius 1 is 1.42 bits per heavy atom. The van der Waals surface area contributed by atoms with Crippen molar-refractivity contribution in [2.45, 2.75) is 6.92 Å². The second kappa shape index (κ2) is 5.66. The van der Waals surface area contributed by atoms with Crippen LogP contribution in [-0.4, -0.2) is 27.0 Å². The molecule has 6 nitrogen and oxygen atoms in total. The van der Waals surface area contributed by atoms with Crippen molar-refractivity contribution in [1.29, 1.82) is 0 Å². The number of hydrogen-bond donors (Lipinski definition) is 1. The van der Waals surface area contributed by atoms with E-state index in [-0.39, 0.29) is 0 Å². The summed E-state index contributed by atoms with van der Waals surface area (Å²) in [5.41, 5.74) is 0.826. The van der Waals surface area contributed by atoms with Gasteiger partial charge in [0.15, 0.2) is 0 Å². The van der Waals surface area contributed by atoms with E-state index in [1.165, 1.54) is 4.68 Å². The Hall–Kier alpha value is -2.15. The number of rotatable bonds is 3. The number of carbonyl (C=O) groups excluding carboxylic acids is 1. The van der Waals surface area contributed by atoms with E-state index in [1.807, 2.05) is 30.3 Å². The van der Waals surface area contributed by atoms with Crippen LogP contribution in [0.3, 0.4) is 0 Å². The highest BCUT2D eigenvalue weighted by Crippen LogP contribution is 2.15. The van der Waals surface area contributed by atoms with Gasteiger partial charge in [0.1, 0.15) is 0 Å². The van der Waals surface area contributed by atoms with Gasteiger partial charge in [-0.1, -0.05) is 18.2 Å². The summed E-state index contributed by atoms with van der Waals surface area (Å²) in [6.07, 6.45) is -0.555. The fourth-order valence-electron chi connectivity index (χ4n) is 1.61. The van der Waals surface area contributed by atoms with E-state index in [4.69, 9.17) is 17.0 Å². The number of aryl methyl sites for hydroxylation is 1. The monoisotopic (exact) mass is 278 g/mol. The van der Waals surface area contributed by atoms with Gasteiger partial charge in [-0.2, -0.15) is 0 Å². The molecule has 1 heterocycles. The van der Waals surface area contributed by atoms with Crippen LogP contribution in [0.4, 0.5) is 10.7 Å². The minimum atomic E-state index is -0.555. The van der Waals surface area contributed by atoms with E-state index in [1.54, 1.807) is 18.5 Å². The van der Waals surface area contributed by atoms with Crippen LogP contribution in [0, 0.1) is 4.77 Å². The predicted octanol–water partition coefficient (Wildman–Crippen LogP) is 2.51. The molecule has 0 bridgehead atoms. The van der Waals surface area contributed by atoms with Gasteiger partial charge in [0.05, 0.1) is 12.3 Å². The van der Waals surface area contributed by atoms with E-state index in [0.29, 0.717) is 17.3 Å². The number of benzene rings is 1. The average Bonchev–Trinajstić information content (AvgIpc) is 2.66. The Bertz CT molecular complexity index is 633. The van der Waals surface area contributed by atoms with Gasteiger partial charge in [-0.05, 0) is 31.3 Å². The van der Waals surface area contributed by atoms with Crippen molar-refractivity contribution in [3.05, 3.63) is 35.1 Å². The number of aromatic nitrogens is 3. The molecule has 0 aliphatic carbocycles. The first-order chi connectivity index (χ1) is 9.13. The molecule has 0 saturated carbocycles. The van der Waals surface area contributed by atoms with Crippen LogP contribution in [-0.2, 0) is 11.8 Å². The maximum absolute atomic E-state index is 11.5. The molecule has 0 saturated heterocycles. The minimum Gasteiger partial charge on any atom is -0.450 e. The van der Waals surface area contributed by atoms with Gasteiger partial charge in [0.2, 0.25) is 10.7 Å². The molecule has 2 aromatic rings. The molecule has 1 N–H and O–H groups in total. The molecule has 0 fully saturated rings. The second-order valence-corrected chi connectivity index (χ2v) is 4.11. The lowest BCUT2D eigenvalue weighted by Gasteiger charge is -2.07. The summed E-state index contributed by atoms with van der Waals surface area (Å²) in [5, 5.41) is 6.75. The molecule has 0 aliphatic rings. The number of amides is 1. The van der Waals surface area contributed by atoms with Crippen molar-refractivity contribution in [3.63, 3.8) is 0 Å². The van der Waals surface area contributed by atoms with Crippen LogP contribution < -0.4 is 5.32 Å². The van der Waals surface area contributed by atoms with Gasteiger partial charge in [0, 0.05) is 7.05 Å². The lowest BCUT2D eigenvalue weighted by molar-refractivity contribution is 0.167. The number of para-hydroxylation sites is 1. The molecule has 0 atom stereocenters. The van der Waals surface area contributed by atoms with Crippen LogP contribution in [0.1, 0.15) is 6.92 Å². The first-order valence-corrected chi connectivity index (χ1v) is 6.19. The molecule has 7 heteroatoms. The normalized spacial score (nSPS) is 10.2. The van der Waals surface area contributed by atoms with E-state index < -0.39 is 6.09 Å². The SMILES string of the molecule is CCOC(=O)Nc1nn(C)c(=S)n1-c1ccccc1. The second-order valence-electron chi connectivity index (χ2n) is 3.75. The summed E-state index contributed by atoms with van der Waals surface area (Å²) in [5.74, 6) is 0.331. The van der Waals surface area contributed by atoms with Crippen LogP contribution in [0.15, 0.2) is 30.3 Å². The fraction of sp³-hybridized carbons (Fsp3) is 0.250. The van der Waals surface area contributed by atoms with Crippen molar-refractivity contribution in [2.24, 2.45) is 7.05 Å². The maximum Gasteiger partial charge on any atom is 0.414 e. The maximum atomic E-state index is 11.5. The molecule has 1 aromatic carbocycles. The predicted molar refractivity (Wildman–Crippen MR) is 74.0 cm³/mol. The molecule has 0 unspecified atom stereocenters. The molecule has 1 amide bonds. The zero-order chi connectivity index (χ0) is 13.8. The summed E-state index contributed by atoms with van der Waals surface area (Å²) >= 11 is 5.28. The first kappa shape index (κ1) is 13.3. The molecule has 19 heavy (non-hydrogen) atoms. The van der Waals surface area contributed by atoms with Crippen molar-refractivity contribution in [1.82, 2.24) is 14.3 Å². The minimum absolute atomic E-state index is 0.296. The van der Waals surface area contributed by atoms with E-state index in [0.717, 1.165) is 5.69 Å². The molecule has 2 rings (SSSR count). The highest BCUT2D eigenvalue weighted by atomic mass is 32.1. The van der Waals surface area contributed by atoms with Gasteiger partial charge in [-0.25, -0.2) is 9.48 Å². The number of anilines is 1. The Morgan fingerprint density at radius 2 is 2.11 bits per heavy atom. The van der Waals surface area contributed by atoms with Crippen LogP contribution in [0.25, 0.3) is 5.69 Å². The van der Waals surface area contributed by atoms with Gasteiger partial charge in [-0.3, -0.25) is 9.88 Å². The smallest absolute Gasteiger partial charge is 0.414 e. The van der Waals surface area contributed by atoms with E-state index in [9.17, 15) is 4.79 Å². The van der Waals surface area contributed by atoms with Crippen molar-refractivity contribution in [3.8, 4) is 5.69 Å². The lowest BCUT2D eigenvalue weighted by Crippen LogP contribution is -2.16. The van der Waals surface area contributed by atoms with E-state index in [2.05, 4.69) is 10.4 Å². The zero-order valence-corrected chi connectivity index (χ0v) is 11.5. The Labute approximate surface area is 115 Å². The number of hydrogen-bond acceptors (Lipinski definition) is 4. The highest BCUT2D eigenvalue weighted by Gasteiger charge is 2.13. The van der Waals surface area contributed by atoms with Gasteiger partial charge < -0.3 is 4.74 Å². The number of nitrogens with one attached hydrogen (secondary N) is 1. The third-order valence-electron chi connectivity index (χ3n) is 2.43. The van der Waals surface area contributed by atoms with E-state index >= 15 is 0 Å². The quantitative estimate of drug-likeness (QED) is 0.876. The Kier molecular flexibility index (Phi) is 3.96. The Morgan fingerprint density at radius 3 is 2.74 bits per heavy atom. The standard InChI is InChI=1S/C12H14N4O2S/c1-3-18-11(17)13-10-14-15(2)12(19)16(10)9-7-5-4-6-8-9/h4-8H,3H2,1-2H3,(H,13,14,17). The first-order valence-electron chi connectivity index (χ1n) is 5.78. The summed E-state index contributed by atoms with van der Waals surface area (Å²) in [4.78, 5) is 11.5. The largest absolute Gasteiger partial charge is 0.450 e. The highest BCUT2D eigenvalue weighted by molar-refractivity contribution is 7.71. The topological polar surface area (TPSA) is 61.1 Å². The van der Waals surface area contributed by atoms with Gasteiger partial charge >= 0.3 is 6.09 Å². The fourth-order valence-corrected chi connectivity index (χ4v) is 1.85. The zero-order valence-electron chi connectivity index (χ0n) is 10.7. The lowest BCUT2D eigenvalue weighted by atomic mass is 10.3. The third-order valence-corrected chi connectivity index (χ3v) is 2.88. The summed E-state index contributed by atoms with van der Waals surface area (Å²) in [6.45, 7) is 2.03. The third kappa shape index (κ3) is 2.82. The number of nitrogens with zero attached hydrogens (tertiary/aromatic N) is 3. The van der Waals surface area contributed by atoms with Crippen LogP contribution >= 0.6 is 12.2 Å². The number of carbonyl (C=O) groups is 1. The van der Waals surface area contributed by atoms with Crippen molar-refractivity contribution in [2.75, 3.05) is 11.9 Å². The molecule has 0 radical (unpaired) electrons. The average molecular weight is 278 g/mol. The number of ether oxygens (including phenoxy) is 1. The molecule has 1 aromatic heterocycles. The molecule has 100 valence electrons.